The monoisotopic (exact) mass is 271 g/mol. The number of nitrogens with zero attached hydrogens (tertiary/aromatic N) is 2. The first kappa shape index (κ1) is 13.9. The van der Waals surface area contributed by atoms with Crippen LogP contribution in [-0.2, 0) is 4.79 Å². The SMILES string of the molecule is CC(C=NNc1ccc(Cl)cc1[N+](=O)[O-])C(=O)O. The van der Waals surface area contributed by atoms with Crippen molar-refractivity contribution in [2.24, 2.45) is 11.0 Å². The molecule has 2 N–H and O–H groups in total. The molecule has 1 aromatic rings. The minimum Gasteiger partial charge on any atom is -0.481 e. The largest absolute Gasteiger partial charge is 0.481 e. The zero-order valence-corrected chi connectivity index (χ0v) is 10.1. The average molecular weight is 272 g/mol. The van der Waals surface area contributed by atoms with Gasteiger partial charge in [0.05, 0.1) is 10.8 Å². The van der Waals surface area contributed by atoms with E-state index in [1.54, 1.807) is 0 Å². The first-order valence-electron chi connectivity index (χ1n) is 4.87. The van der Waals surface area contributed by atoms with Gasteiger partial charge in [-0.2, -0.15) is 5.10 Å². The summed E-state index contributed by atoms with van der Waals surface area (Å²) < 4.78 is 0. The fourth-order valence-corrected chi connectivity index (χ4v) is 1.20. The molecule has 0 aliphatic rings. The van der Waals surface area contributed by atoms with Crippen LogP contribution in [0, 0.1) is 16.0 Å². The number of rotatable bonds is 5. The van der Waals surface area contributed by atoms with Crippen molar-refractivity contribution < 1.29 is 14.8 Å². The van der Waals surface area contributed by atoms with E-state index in [-0.39, 0.29) is 16.4 Å². The molecule has 0 aliphatic heterocycles. The third kappa shape index (κ3) is 3.70. The Hall–Kier alpha value is -2.15. The molecule has 0 heterocycles. The number of hydrazone groups is 1. The van der Waals surface area contributed by atoms with Crippen molar-refractivity contribution in [1.82, 2.24) is 0 Å². The van der Waals surface area contributed by atoms with Crippen LogP contribution in [-0.4, -0.2) is 22.2 Å². The van der Waals surface area contributed by atoms with Crippen molar-refractivity contribution >= 4 is 35.2 Å². The van der Waals surface area contributed by atoms with E-state index in [1.165, 1.54) is 25.1 Å². The number of carboxylic acids is 1. The molecule has 0 bridgehead atoms. The average Bonchev–Trinajstić information content (AvgIpc) is 2.30. The van der Waals surface area contributed by atoms with Gasteiger partial charge in [0.25, 0.3) is 5.69 Å². The third-order valence-electron chi connectivity index (χ3n) is 2.03. The van der Waals surface area contributed by atoms with E-state index in [0.29, 0.717) is 0 Å². The standard InChI is InChI=1S/C10H10ClN3O4/c1-6(10(15)16)5-12-13-8-3-2-7(11)4-9(8)14(17)18/h2-6,13H,1H3,(H,15,16). The van der Waals surface area contributed by atoms with Crippen LogP contribution in [0.5, 0.6) is 0 Å². The lowest BCUT2D eigenvalue weighted by Gasteiger charge is -2.03. The smallest absolute Gasteiger partial charge is 0.311 e. The van der Waals surface area contributed by atoms with Crippen molar-refractivity contribution in [2.45, 2.75) is 6.92 Å². The highest BCUT2D eigenvalue weighted by molar-refractivity contribution is 6.30. The molecule has 0 aromatic heterocycles. The second-order valence-electron chi connectivity index (χ2n) is 3.44. The molecule has 8 heteroatoms. The predicted octanol–water partition coefficient (Wildman–Crippen LogP) is 2.37. The first-order valence-corrected chi connectivity index (χ1v) is 5.25. The van der Waals surface area contributed by atoms with Crippen molar-refractivity contribution in [3.05, 3.63) is 33.3 Å². The lowest BCUT2D eigenvalue weighted by Crippen LogP contribution is -2.11. The molecule has 0 saturated carbocycles. The molecule has 1 rings (SSSR count). The second-order valence-corrected chi connectivity index (χ2v) is 3.87. The molecule has 18 heavy (non-hydrogen) atoms. The van der Waals surface area contributed by atoms with Gasteiger partial charge in [-0.3, -0.25) is 20.3 Å². The highest BCUT2D eigenvalue weighted by Gasteiger charge is 2.14. The van der Waals surface area contributed by atoms with Gasteiger partial charge < -0.3 is 5.11 Å². The molecule has 96 valence electrons. The summed E-state index contributed by atoms with van der Waals surface area (Å²) in [6.07, 6.45) is 1.14. The summed E-state index contributed by atoms with van der Waals surface area (Å²) in [7, 11) is 0. The Morgan fingerprint density at radius 2 is 2.33 bits per heavy atom. The highest BCUT2D eigenvalue weighted by Crippen LogP contribution is 2.27. The van der Waals surface area contributed by atoms with Crippen molar-refractivity contribution in [2.75, 3.05) is 5.43 Å². The van der Waals surface area contributed by atoms with E-state index in [4.69, 9.17) is 16.7 Å². The van der Waals surface area contributed by atoms with E-state index in [9.17, 15) is 14.9 Å². The molecule has 7 nitrogen and oxygen atoms in total. The van der Waals surface area contributed by atoms with Crippen LogP contribution >= 0.6 is 11.6 Å². The molecule has 0 fully saturated rings. The van der Waals surface area contributed by atoms with Crippen LogP contribution in [0.1, 0.15) is 6.92 Å². The van der Waals surface area contributed by atoms with Gasteiger partial charge in [-0.15, -0.1) is 0 Å². The van der Waals surface area contributed by atoms with Gasteiger partial charge in [-0.1, -0.05) is 11.6 Å². The molecule has 0 aliphatic carbocycles. The number of nitro groups is 1. The van der Waals surface area contributed by atoms with Crippen molar-refractivity contribution in [3.8, 4) is 0 Å². The quantitative estimate of drug-likeness (QED) is 0.486. The van der Waals surface area contributed by atoms with Crippen LogP contribution in [0.25, 0.3) is 0 Å². The van der Waals surface area contributed by atoms with Crippen LogP contribution in [0.15, 0.2) is 23.3 Å². The Morgan fingerprint density at radius 1 is 1.67 bits per heavy atom. The lowest BCUT2D eigenvalue weighted by molar-refractivity contribution is -0.383. The third-order valence-corrected chi connectivity index (χ3v) is 2.26. The number of anilines is 1. The topological polar surface area (TPSA) is 105 Å². The maximum atomic E-state index is 10.7. The number of nitro benzene ring substituents is 1. The van der Waals surface area contributed by atoms with Crippen molar-refractivity contribution in [3.63, 3.8) is 0 Å². The number of aliphatic carboxylic acids is 1. The molecule has 1 aromatic carbocycles. The summed E-state index contributed by atoms with van der Waals surface area (Å²) in [6, 6.07) is 4.04. The zero-order chi connectivity index (χ0) is 13.7. The minimum absolute atomic E-state index is 0.137. The summed E-state index contributed by atoms with van der Waals surface area (Å²) >= 11 is 5.64. The number of nitrogens with one attached hydrogen (secondary N) is 1. The van der Waals surface area contributed by atoms with Gasteiger partial charge in [0.2, 0.25) is 0 Å². The summed E-state index contributed by atoms with van der Waals surface area (Å²) in [6.45, 7) is 1.43. The molecular weight excluding hydrogens is 262 g/mol. The normalized spacial score (nSPS) is 12.3. The van der Waals surface area contributed by atoms with Gasteiger partial charge in [0, 0.05) is 17.3 Å². The number of hydrogen-bond donors (Lipinski definition) is 2. The van der Waals surface area contributed by atoms with E-state index in [1.807, 2.05) is 0 Å². The molecule has 0 saturated heterocycles. The second kappa shape index (κ2) is 5.97. The Morgan fingerprint density at radius 3 is 2.89 bits per heavy atom. The molecule has 0 spiro atoms. The number of carbonyl (C=O) groups is 1. The number of halogens is 1. The molecule has 1 unspecified atom stereocenters. The fraction of sp³-hybridized carbons (Fsp3) is 0.200. The molecule has 0 amide bonds. The van der Waals surface area contributed by atoms with Crippen molar-refractivity contribution in [1.29, 1.82) is 0 Å². The summed E-state index contributed by atoms with van der Waals surface area (Å²) in [5.74, 6) is -1.82. The van der Waals surface area contributed by atoms with Crippen LogP contribution < -0.4 is 5.43 Å². The maximum absolute atomic E-state index is 10.7. The fourth-order valence-electron chi connectivity index (χ4n) is 1.03. The first-order chi connectivity index (χ1) is 8.41. The number of benzene rings is 1. The Bertz CT molecular complexity index is 504. The summed E-state index contributed by atoms with van der Waals surface area (Å²) in [5.41, 5.74) is 2.32. The number of hydrogen-bond acceptors (Lipinski definition) is 5. The highest BCUT2D eigenvalue weighted by atomic mass is 35.5. The predicted molar refractivity (Wildman–Crippen MR) is 67.0 cm³/mol. The van der Waals surface area contributed by atoms with Gasteiger partial charge in [0.15, 0.2) is 0 Å². The Labute approximate surface area is 107 Å². The van der Waals surface area contributed by atoms with Gasteiger partial charge >= 0.3 is 5.97 Å². The van der Waals surface area contributed by atoms with E-state index in [2.05, 4.69) is 10.5 Å². The van der Waals surface area contributed by atoms with Gasteiger partial charge in [-0.05, 0) is 19.1 Å². The molecule has 0 radical (unpaired) electrons. The Balaban J connectivity index is 2.85. The number of carboxylic acid groups (broad SMARTS) is 1. The van der Waals surface area contributed by atoms with Gasteiger partial charge in [-0.25, -0.2) is 0 Å². The summed E-state index contributed by atoms with van der Waals surface area (Å²) in [4.78, 5) is 20.7. The summed E-state index contributed by atoms with van der Waals surface area (Å²) in [5, 5.41) is 23.2. The molecular formula is C10H10ClN3O4. The van der Waals surface area contributed by atoms with Crippen LogP contribution in [0.3, 0.4) is 0 Å². The Kier molecular flexibility index (Phi) is 4.61. The van der Waals surface area contributed by atoms with E-state index in [0.717, 1.165) is 6.21 Å². The van der Waals surface area contributed by atoms with Gasteiger partial charge in [0.1, 0.15) is 5.69 Å². The zero-order valence-electron chi connectivity index (χ0n) is 9.33. The lowest BCUT2D eigenvalue weighted by atomic mass is 10.2. The van der Waals surface area contributed by atoms with Crippen LogP contribution in [0.2, 0.25) is 5.02 Å². The molecule has 1 atom stereocenters. The van der Waals surface area contributed by atoms with E-state index < -0.39 is 16.8 Å². The minimum atomic E-state index is -1.04. The van der Waals surface area contributed by atoms with Crippen LogP contribution in [0.4, 0.5) is 11.4 Å². The van der Waals surface area contributed by atoms with E-state index >= 15 is 0 Å². The maximum Gasteiger partial charge on any atom is 0.311 e.